The molecule has 0 aliphatic carbocycles. The van der Waals surface area contributed by atoms with Gasteiger partial charge in [-0.05, 0) is 19.1 Å². The van der Waals surface area contributed by atoms with Gasteiger partial charge >= 0.3 is 5.97 Å². The number of aromatic carboxylic acids is 1. The number of carboxylic acids is 1. The van der Waals surface area contributed by atoms with Crippen molar-refractivity contribution in [3.63, 3.8) is 0 Å². The number of carbonyl (C=O) groups is 1. The summed E-state index contributed by atoms with van der Waals surface area (Å²) in [7, 11) is -3.18. The lowest BCUT2D eigenvalue weighted by Crippen LogP contribution is -2.25. The Morgan fingerprint density at radius 1 is 1.53 bits per heavy atom. The van der Waals surface area contributed by atoms with Gasteiger partial charge in [0.05, 0.1) is 22.7 Å². The van der Waals surface area contributed by atoms with Crippen molar-refractivity contribution in [2.45, 2.75) is 13.0 Å². The molecule has 1 aromatic rings. The van der Waals surface area contributed by atoms with Crippen LogP contribution in [0.1, 0.15) is 17.3 Å². The van der Waals surface area contributed by atoms with Gasteiger partial charge in [0, 0.05) is 12.3 Å². The summed E-state index contributed by atoms with van der Waals surface area (Å²) < 4.78 is 35.7. The topological polar surface area (TPSA) is 109 Å². The smallest absolute Gasteiger partial charge is 0.338 e. The van der Waals surface area contributed by atoms with E-state index < -0.39 is 33.2 Å². The first-order valence-electron chi connectivity index (χ1n) is 5.36. The Morgan fingerprint density at radius 2 is 2.11 bits per heavy atom. The van der Waals surface area contributed by atoms with Gasteiger partial charge in [-0.3, -0.25) is 0 Å². The molecule has 1 atom stereocenters. The summed E-state index contributed by atoms with van der Waals surface area (Å²) in [6, 6.07) is 1.46. The van der Waals surface area contributed by atoms with Gasteiger partial charge < -0.3 is 16.2 Å². The number of nitrogens with one attached hydrogen (secondary N) is 1. The van der Waals surface area contributed by atoms with Gasteiger partial charge in [-0.25, -0.2) is 17.6 Å². The van der Waals surface area contributed by atoms with E-state index in [0.717, 1.165) is 18.4 Å². The van der Waals surface area contributed by atoms with Crippen LogP contribution in [0.4, 0.5) is 15.8 Å². The molecule has 0 saturated heterocycles. The fraction of sp³-hybridized carbons (Fsp3) is 0.364. The molecule has 0 heterocycles. The van der Waals surface area contributed by atoms with Crippen molar-refractivity contribution in [2.75, 3.05) is 23.1 Å². The molecule has 0 aromatic heterocycles. The lowest BCUT2D eigenvalue weighted by Gasteiger charge is -2.16. The molecule has 19 heavy (non-hydrogen) atoms. The molecule has 0 bridgehead atoms. The van der Waals surface area contributed by atoms with Crippen LogP contribution in [0.3, 0.4) is 0 Å². The van der Waals surface area contributed by atoms with E-state index >= 15 is 0 Å². The second-order valence-electron chi connectivity index (χ2n) is 4.36. The van der Waals surface area contributed by atoms with Crippen molar-refractivity contribution in [2.24, 2.45) is 0 Å². The Balaban J connectivity index is 2.97. The zero-order chi connectivity index (χ0) is 14.8. The van der Waals surface area contributed by atoms with Crippen molar-refractivity contribution in [1.82, 2.24) is 0 Å². The number of hydrogen-bond acceptors (Lipinski definition) is 5. The molecule has 6 nitrogen and oxygen atoms in total. The van der Waals surface area contributed by atoms with Crippen LogP contribution in [0, 0.1) is 5.82 Å². The zero-order valence-electron chi connectivity index (χ0n) is 10.5. The maximum absolute atomic E-state index is 13.5. The molecule has 1 unspecified atom stereocenters. The number of anilines is 2. The highest BCUT2D eigenvalue weighted by Crippen LogP contribution is 2.24. The van der Waals surface area contributed by atoms with Gasteiger partial charge in [0.25, 0.3) is 0 Å². The molecule has 1 rings (SSSR count). The van der Waals surface area contributed by atoms with Crippen molar-refractivity contribution in [3.05, 3.63) is 23.5 Å². The summed E-state index contributed by atoms with van der Waals surface area (Å²) in [5.41, 5.74) is 5.28. The third kappa shape index (κ3) is 4.40. The molecule has 0 aliphatic heterocycles. The van der Waals surface area contributed by atoms with E-state index in [-0.39, 0.29) is 17.1 Å². The van der Waals surface area contributed by atoms with Crippen LogP contribution in [-0.4, -0.2) is 37.5 Å². The fourth-order valence-corrected chi connectivity index (χ4v) is 2.63. The van der Waals surface area contributed by atoms with Gasteiger partial charge in [-0.2, -0.15) is 0 Å². The molecule has 1 aromatic carbocycles. The minimum Gasteiger partial charge on any atom is -0.478 e. The molecule has 0 radical (unpaired) electrons. The molecule has 0 saturated carbocycles. The van der Waals surface area contributed by atoms with Gasteiger partial charge in [0.2, 0.25) is 0 Å². The van der Waals surface area contributed by atoms with E-state index in [1.807, 2.05) is 0 Å². The van der Waals surface area contributed by atoms with Crippen LogP contribution in [0.15, 0.2) is 12.1 Å². The number of hydrogen-bond donors (Lipinski definition) is 3. The Hall–Kier alpha value is -1.83. The number of nitrogen functional groups attached to an aromatic ring is 1. The van der Waals surface area contributed by atoms with Gasteiger partial charge in [0.1, 0.15) is 15.7 Å². The largest absolute Gasteiger partial charge is 0.478 e. The molecule has 0 spiro atoms. The van der Waals surface area contributed by atoms with E-state index in [2.05, 4.69) is 5.32 Å². The van der Waals surface area contributed by atoms with Crippen molar-refractivity contribution in [3.8, 4) is 0 Å². The lowest BCUT2D eigenvalue weighted by atomic mass is 10.1. The maximum atomic E-state index is 13.5. The average Bonchev–Trinajstić information content (AvgIpc) is 2.19. The van der Waals surface area contributed by atoms with Crippen molar-refractivity contribution in [1.29, 1.82) is 0 Å². The molecule has 106 valence electrons. The highest BCUT2D eigenvalue weighted by Gasteiger charge is 2.16. The first-order chi connectivity index (χ1) is 8.60. The van der Waals surface area contributed by atoms with Crippen LogP contribution in [0.25, 0.3) is 0 Å². The number of rotatable bonds is 5. The van der Waals surface area contributed by atoms with E-state index in [4.69, 9.17) is 10.8 Å². The monoisotopic (exact) mass is 290 g/mol. The van der Waals surface area contributed by atoms with E-state index in [0.29, 0.717) is 0 Å². The first kappa shape index (κ1) is 15.2. The third-order valence-corrected chi connectivity index (χ3v) is 3.43. The maximum Gasteiger partial charge on any atom is 0.338 e. The summed E-state index contributed by atoms with van der Waals surface area (Å²) in [6.07, 6.45) is 1.09. The van der Waals surface area contributed by atoms with Crippen LogP contribution in [0.2, 0.25) is 0 Å². The molecule has 0 fully saturated rings. The van der Waals surface area contributed by atoms with Gasteiger partial charge in [-0.1, -0.05) is 0 Å². The second-order valence-corrected chi connectivity index (χ2v) is 6.55. The van der Waals surface area contributed by atoms with Crippen molar-refractivity contribution < 1.29 is 22.7 Å². The molecule has 8 heteroatoms. The standard InChI is InChI=1S/C11H15FN2O4S/c1-6(5-19(2,17)18)14-10-4-8(12)7(11(15)16)3-9(10)13/h3-4,6,14H,5,13H2,1-2H3,(H,15,16). The van der Waals surface area contributed by atoms with E-state index in [1.54, 1.807) is 6.92 Å². The van der Waals surface area contributed by atoms with E-state index in [9.17, 15) is 17.6 Å². The summed E-state index contributed by atoms with van der Waals surface area (Å²) in [5, 5.41) is 11.5. The minimum atomic E-state index is -3.18. The minimum absolute atomic E-state index is 0.0409. The lowest BCUT2D eigenvalue weighted by molar-refractivity contribution is 0.0692. The van der Waals surface area contributed by atoms with Gasteiger partial charge in [-0.15, -0.1) is 0 Å². The highest BCUT2D eigenvalue weighted by molar-refractivity contribution is 7.90. The molecule has 4 N–H and O–H groups in total. The molecular formula is C11H15FN2O4S. The predicted molar refractivity (Wildman–Crippen MR) is 70.6 cm³/mol. The molecular weight excluding hydrogens is 275 g/mol. The second kappa shape index (κ2) is 5.43. The Kier molecular flexibility index (Phi) is 4.35. The van der Waals surface area contributed by atoms with Crippen molar-refractivity contribution >= 4 is 27.2 Å². The zero-order valence-corrected chi connectivity index (χ0v) is 11.3. The number of benzene rings is 1. The quantitative estimate of drug-likeness (QED) is 0.697. The number of carboxylic acid groups (broad SMARTS) is 1. The average molecular weight is 290 g/mol. The van der Waals surface area contributed by atoms with Gasteiger partial charge in [0.15, 0.2) is 0 Å². The summed E-state index contributed by atoms with van der Waals surface area (Å²) in [5.74, 6) is -2.50. The normalized spacial score (nSPS) is 13.0. The summed E-state index contributed by atoms with van der Waals surface area (Å²) in [4.78, 5) is 10.7. The van der Waals surface area contributed by atoms with Crippen LogP contribution in [-0.2, 0) is 9.84 Å². The SMILES string of the molecule is CC(CS(C)(=O)=O)Nc1cc(F)c(C(=O)O)cc1N. The first-order valence-corrected chi connectivity index (χ1v) is 7.43. The number of halogens is 1. The number of nitrogens with two attached hydrogens (primary N) is 1. The fourth-order valence-electron chi connectivity index (χ4n) is 1.64. The number of sulfone groups is 1. The Morgan fingerprint density at radius 3 is 2.58 bits per heavy atom. The predicted octanol–water partition coefficient (Wildman–Crippen LogP) is 0.951. The molecule has 0 aliphatic rings. The van der Waals surface area contributed by atoms with Crippen LogP contribution >= 0.6 is 0 Å². The molecule has 0 amide bonds. The summed E-state index contributed by atoms with van der Waals surface area (Å²) >= 11 is 0. The summed E-state index contributed by atoms with van der Waals surface area (Å²) in [6.45, 7) is 1.60. The Labute approximate surface area is 110 Å². The van der Waals surface area contributed by atoms with Crippen LogP contribution in [0.5, 0.6) is 0 Å². The van der Waals surface area contributed by atoms with Crippen LogP contribution < -0.4 is 11.1 Å². The van der Waals surface area contributed by atoms with E-state index in [1.165, 1.54) is 0 Å². The third-order valence-electron chi connectivity index (χ3n) is 2.32. The highest BCUT2D eigenvalue weighted by atomic mass is 32.2. The Bertz CT molecular complexity index is 601.